The summed E-state index contributed by atoms with van der Waals surface area (Å²) < 4.78 is 5.21. The summed E-state index contributed by atoms with van der Waals surface area (Å²) in [5, 5.41) is 10.9. The first-order chi connectivity index (χ1) is 15.4. The van der Waals surface area contributed by atoms with Crippen molar-refractivity contribution in [1.82, 2.24) is 9.97 Å². The Kier molecular flexibility index (Phi) is 6.63. The van der Waals surface area contributed by atoms with E-state index in [1.807, 2.05) is 37.3 Å². The molecule has 1 aliphatic rings. The molecule has 1 fully saturated rings. The third-order valence-corrected chi connectivity index (χ3v) is 7.44. The lowest BCUT2D eigenvalue weighted by molar-refractivity contribution is -0.119. The third kappa shape index (κ3) is 4.43. The van der Waals surface area contributed by atoms with Crippen LogP contribution in [-0.4, -0.2) is 52.2 Å². The van der Waals surface area contributed by atoms with Gasteiger partial charge in [0.25, 0.3) is 0 Å². The summed E-state index contributed by atoms with van der Waals surface area (Å²) in [4.78, 5) is 38.0. The molecule has 1 aliphatic heterocycles. The van der Waals surface area contributed by atoms with Gasteiger partial charge in [0, 0.05) is 17.9 Å². The van der Waals surface area contributed by atoms with Crippen LogP contribution in [0.5, 0.6) is 0 Å². The Balaban J connectivity index is 1.80. The number of aliphatic hydroxyl groups is 1. The number of thioether (sulfide) groups is 1. The van der Waals surface area contributed by atoms with Crippen molar-refractivity contribution in [1.29, 1.82) is 0 Å². The van der Waals surface area contributed by atoms with Crippen LogP contribution in [0.1, 0.15) is 34.4 Å². The van der Waals surface area contributed by atoms with Crippen molar-refractivity contribution >= 4 is 51.0 Å². The summed E-state index contributed by atoms with van der Waals surface area (Å²) in [6, 6.07) is 9.24. The summed E-state index contributed by atoms with van der Waals surface area (Å²) in [6.45, 7) is 4.08. The first-order valence-electron chi connectivity index (χ1n) is 10.3. The largest absolute Gasteiger partial charge is 0.462 e. The highest BCUT2D eigenvalue weighted by Gasteiger charge is 2.37. The Morgan fingerprint density at radius 1 is 1.31 bits per heavy atom. The van der Waals surface area contributed by atoms with Crippen molar-refractivity contribution < 1.29 is 19.4 Å². The highest BCUT2D eigenvalue weighted by atomic mass is 32.2. The van der Waals surface area contributed by atoms with Gasteiger partial charge in [-0.3, -0.25) is 4.79 Å². The summed E-state index contributed by atoms with van der Waals surface area (Å²) in [7, 11) is 0. The molecule has 3 N–H and O–H groups in total. The molecule has 32 heavy (non-hydrogen) atoms. The fraction of sp³-hybridized carbons (Fsp3) is 0.364. The molecule has 1 aromatic carbocycles. The fourth-order valence-electron chi connectivity index (χ4n) is 3.81. The number of carbonyl (C=O) groups is 2. The number of benzene rings is 1. The van der Waals surface area contributed by atoms with E-state index in [9.17, 15) is 14.7 Å². The van der Waals surface area contributed by atoms with Crippen LogP contribution < -0.4 is 10.6 Å². The number of thiophene rings is 1. The molecule has 0 spiro atoms. The Labute approximate surface area is 193 Å². The predicted molar refractivity (Wildman–Crippen MR) is 125 cm³/mol. The number of carbonyl (C=O) groups excluding carboxylic acids is 2. The Hall–Kier alpha value is -2.69. The molecule has 0 saturated carbocycles. The lowest BCUT2D eigenvalue weighted by Gasteiger charge is -2.24. The number of aromatic nitrogens is 2. The van der Waals surface area contributed by atoms with Crippen molar-refractivity contribution in [2.75, 3.05) is 18.1 Å². The van der Waals surface area contributed by atoms with Crippen LogP contribution >= 0.6 is 23.1 Å². The maximum Gasteiger partial charge on any atom is 0.348 e. The SMILES string of the molecule is CCOC(=O)c1sc2nc(CSc3ccccc3)nc(N3C[C@H](O)C[C@H]3C(N)=O)c2c1C. The second kappa shape index (κ2) is 9.43. The number of hydrogen-bond acceptors (Lipinski definition) is 9. The molecule has 3 aromatic rings. The number of hydrogen-bond donors (Lipinski definition) is 2. The number of esters is 1. The molecule has 0 bridgehead atoms. The van der Waals surface area contributed by atoms with Gasteiger partial charge < -0.3 is 20.5 Å². The van der Waals surface area contributed by atoms with Crippen molar-refractivity contribution in [2.45, 2.75) is 43.1 Å². The van der Waals surface area contributed by atoms with Gasteiger partial charge >= 0.3 is 5.97 Å². The zero-order valence-electron chi connectivity index (χ0n) is 17.8. The van der Waals surface area contributed by atoms with Gasteiger partial charge in [-0.05, 0) is 31.5 Å². The Bertz CT molecular complexity index is 1150. The van der Waals surface area contributed by atoms with E-state index in [2.05, 4.69) is 0 Å². The minimum absolute atomic E-state index is 0.231. The third-order valence-electron chi connectivity index (χ3n) is 5.27. The van der Waals surface area contributed by atoms with Crippen LogP contribution in [0.15, 0.2) is 35.2 Å². The molecule has 0 aliphatic carbocycles. The summed E-state index contributed by atoms with van der Waals surface area (Å²) in [6.07, 6.45) is -0.453. The van der Waals surface area contributed by atoms with Gasteiger partial charge in [-0.15, -0.1) is 23.1 Å². The molecule has 4 rings (SSSR count). The van der Waals surface area contributed by atoms with Gasteiger partial charge in [0.05, 0.1) is 23.8 Å². The van der Waals surface area contributed by atoms with E-state index in [0.29, 0.717) is 38.1 Å². The van der Waals surface area contributed by atoms with Gasteiger partial charge in [0.15, 0.2) is 0 Å². The molecular formula is C22H24N4O4S2. The first-order valence-corrected chi connectivity index (χ1v) is 12.1. The van der Waals surface area contributed by atoms with E-state index < -0.39 is 24.0 Å². The number of nitrogens with zero attached hydrogens (tertiary/aromatic N) is 3. The van der Waals surface area contributed by atoms with Crippen molar-refractivity contribution in [3.8, 4) is 0 Å². The lowest BCUT2D eigenvalue weighted by Crippen LogP contribution is -2.41. The number of amides is 1. The van der Waals surface area contributed by atoms with Crippen LogP contribution in [0.25, 0.3) is 10.2 Å². The molecule has 2 atom stereocenters. The second-order valence-electron chi connectivity index (χ2n) is 7.48. The highest BCUT2D eigenvalue weighted by molar-refractivity contribution is 7.98. The van der Waals surface area contributed by atoms with Gasteiger partial charge in [0.1, 0.15) is 27.4 Å². The smallest absolute Gasteiger partial charge is 0.348 e. The standard InChI is InChI=1S/C22H24N4O4S2/c1-3-30-22(29)18-12(2)17-20(26-10-13(27)9-15(26)19(23)28)24-16(25-21(17)32-18)11-31-14-7-5-4-6-8-14/h4-8,13,15,27H,3,9-11H2,1-2H3,(H2,23,28)/t13-,15+/m1/s1. The van der Waals surface area contributed by atoms with Gasteiger partial charge in [-0.2, -0.15) is 0 Å². The summed E-state index contributed by atoms with van der Waals surface area (Å²) in [5.41, 5.74) is 6.32. The molecule has 0 radical (unpaired) electrons. The molecular weight excluding hydrogens is 448 g/mol. The van der Waals surface area contributed by atoms with E-state index in [0.717, 1.165) is 4.90 Å². The van der Waals surface area contributed by atoms with Crippen LogP contribution in [0, 0.1) is 6.92 Å². The number of primary amides is 1. The van der Waals surface area contributed by atoms with E-state index >= 15 is 0 Å². The maximum atomic E-state index is 12.5. The van der Waals surface area contributed by atoms with Gasteiger partial charge in [-0.1, -0.05) is 18.2 Å². The molecule has 0 unspecified atom stereocenters. The Morgan fingerprint density at radius 3 is 2.75 bits per heavy atom. The minimum Gasteiger partial charge on any atom is -0.462 e. The van der Waals surface area contributed by atoms with Crippen LogP contribution in [0.4, 0.5) is 5.82 Å². The van der Waals surface area contributed by atoms with Crippen LogP contribution in [-0.2, 0) is 15.3 Å². The zero-order valence-corrected chi connectivity index (χ0v) is 19.4. The van der Waals surface area contributed by atoms with E-state index in [4.69, 9.17) is 20.4 Å². The quantitative estimate of drug-likeness (QED) is 0.398. The second-order valence-corrected chi connectivity index (χ2v) is 9.53. The van der Waals surface area contributed by atoms with Crippen molar-refractivity contribution in [3.63, 3.8) is 0 Å². The number of ether oxygens (including phenoxy) is 1. The minimum atomic E-state index is -0.692. The number of rotatable bonds is 7. The molecule has 1 amide bonds. The number of anilines is 1. The van der Waals surface area contributed by atoms with Crippen molar-refractivity contribution in [2.24, 2.45) is 5.73 Å². The highest BCUT2D eigenvalue weighted by Crippen LogP contribution is 2.39. The summed E-state index contributed by atoms with van der Waals surface area (Å²) in [5.74, 6) is 0.668. The molecule has 8 nitrogen and oxygen atoms in total. The molecule has 2 aromatic heterocycles. The van der Waals surface area contributed by atoms with E-state index in [1.54, 1.807) is 23.6 Å². The van der Waals surface area contributed by atoms with Gasteiger partial charge in [-0.25, -0.2) is 14.8 Å². The monoisotopic (exact) mass is 472 g/mol. The topological polar surface area (TPSA) is 119 Å². The van der Waals surface area contributed by atoms with E-state index in [1.165, 1.54) is 11.3 Å². The first kappa shape index (κ1) is 22.5. The number of nitrogens with two attached hydrogens (primary N) is 1. The number of aryl methyl sites for hydroxylation is 1. The molecule has 1 saturated heterocycles. The number of aliphatic hydroxyl groups excluding tert-OH is 1. The number of β-amino-alcohol motifs (C(OH)–C–C–N with tert-alkyl or cyclic N) is 1. The van der Waals surface area contributed by atoms with Gasteiger partial charge in [0.2, 0.25) is 5.91 Å². The predicted octanol–water partition coefficient (Wildman–Crippen LogP) is 2.89. The van der Waals surface area contributed by atoms with Crippen molar-refractivity contribution in [3.05, 3.63) is 46.6 Å². The average Bonchev–Trinajstić information content (AvgIpc) is 3.33. The summed E-state index contributed by atoms with van der Waals surface area (Å²) >= 11 is 2.85. The zero-order chi connectivity index (χ0) is 22.8. The fourth-order valence-corrected chi connectivity index (χ4v) is 5.67. The molecule has 10 heteroatoms. The Morgan fingerprint density at radius 2 is 2.06 bits per heavy atom. The van der Waals surface area contributed by atoms with Crippen LogP contribution in [0.2, 0.25) is 0 Å². The van der Waals surface area contributed by atoms with Crippen LogP contribution in [0.3, 0.4) is 0 Å². The van der Waals surface area contributed by atoms with E-state index in [-0.39, 0.29) is 19.6 Å². The normalized spacial score (nSPS) is 18.3. The molecule has 3 heterocycles. The molecule has 168 valence electrons. The maximum absolute atomic E-state index is 12.5. The average molecular weight is 473 g/mol. The number of fused-ring (bicyclic) bond motifs is 1. The lowest BCUT2D eigenvalue weighted by atomic mass is 10.1.